The molecule has 6 nitrogen and oxygen atoms in total. The van der Waals surface area contributed by atoms with Gasteiger partial charge in [-0.2, -0.15) is 0 Å². The number of nitrogens with one attached hydrogen (secondary N) is 2. The van der Waals surface area contributed by atoms with Gasteiger partial charge in [-0.25, -0.2) is 0 Å². The second-order valence-corrected chi connectivity index (χ2v) is 5.59. The summed E-state index contributed by atoms with van der Waals surface area (Å²) in [5.74, 6) is 0.581. The number of methoxy groups -OCH3 is 1. The zero-order valence-electron chi connectivity index (χ0n) is 13.5. The first-order chi connectivity index (χ1) is 11.2. The molecule has 6 heteroatoms. The van der Waals surface area contributed by atoms with E-state index in [1.165, 1.54) is 7.11 Å². The molecule has 0 radical (unpaired) electrons. The average Bonchev–Trinajstić information content (AvgIpc) is 2.60. The van der Waals surface area contributed by atoms with Crippen molar-refractivity contribution in [3.8, 4) is 5.75 Å². The molecule has 1 aliphatic rings. The predicted molar refractivity (Wildman–Crippen MR) is 87.4 cm³/mol. The van der Waals surface area contributed by atoms with Crippen LogP contribution in [0.1, 0.15) is 25.7 Å². The minimum atomic E-state index is -0.233. The zero-order chi connectivity index (χ0) is 16.5. The van der Waals surface area contributed by atoms with Gasteiger partial charge < -0.3 is 20.1 Å². The van der Waals surface area contributed by atoms with Crippen LogP contribution in [0, 0.1) is 5.92 Å². The lowest BCUT2D eigenvalue weighted by Crippen LogP contribution is -2.37. The van der Waals surface area contributed by atoms with E-state index in [0.717, 1.165) is 31.6 Å². The molecule has 0 aliphatic carbocycles. The maximum atomic E-state index is 12.1. The van der Waals surface area contributed by atoms with Crippen LogP contribution in [0.3, 0.4) is 0 Å². The van der Waals surface area contributed by atoms with Gasteiger partial charge in [0.2, 0.25) is 5.91 Å². The molecule has 23 heavy (non-hydrogen) atoms. The van der Waals surface area contributed by atoms with Gasteiger partial charge in [0.05, 0.1) is 19.6 Å². The first-order valence-electron chi connectivity index (χ1n) is 8.00. The van der Waals surface area contributed by atoms with Crippen molar-refractivity contribution in [3.05, 3.63) is 24.3 Å². The standard InChI is InChI=1S/C17H24N2O4/c1-22-16(20)5-3-11-23-15-8-6-14(7-9-15)19-17(21)13-4-2-10-18-12-13/h6-9,13,18H,2-5,10-12H2,1H3,(H,19,21). The number of anilines is 1. The monoisotopic (exact) mass is 320 g/mol. The van der Waals surface area contributed by atoms with Crippen molar-refractivity contribution in [3.63, 3.8) is 0 Å². The third-order valence-corrected chi connectivity index (χ3v) is 3.81. The lowest BCUT2D eigenvalue weighted by Gasteiger charge is -2.21. The van der Waals surface area contributed by atoms with Crippen LogP contribution >= 0.6 is 0 Å². The predicted octanol–water partition coefficient (Wildman–Crippen LogP) is 1.96. The molecule has 1 atom stereocenters. The smallest absolute Gasteiger partial charge is 0.305 e. The summed E-state index contributed by atoms with van der Waals surface area (Å²) in [5, 5.41) is 6.17. The lowest BCUT2D eigenvalue weighted by molar-refractivity contribution is -0.140. The van der Waals surface area contributed by atoms with Gasteiger partial charge in [0, 0.05) is 18.7 Å². The fourth-order valence-corrected chi connectivity index (χ4v) is 2.46. The summed E-state index contributed by atoms with van der Waals surface area (Å²) in [6.07, 6.45) is 2.93. The van der Waals surface area contributed by atoms with Crippen LogP contribution in [0.15, 0.2) is 24.3 Å². The minimum absolute atomic E-state index is 0.0398. The van der Waals surface area contributed by atoms with Crippen LogP contribution in [0.4, 0.5) is 5.69 Å². The molecule has 1 fully saturated rings. The molecule has 126 valence electrons. The highest BCUT2D eigenvalue weighted by Crippen LogP contribution is 2.18. The van der Waals surface area contributed by atoms with Crippen molar-refractivity contribution in [1.29, 1.82) is 0 Å². The molecular weight excluding hydrogens is 296 g/mol. The number of piperidine rings is 1. The van der Waals surface area contributed by atoms with Crippen LogP contribution in [-0.2, 0) is 14.3 Å². The van der Waals surface area contributed by atoms with Crippen LogP contribution < -0.4 is 15.4 Å². The van der Waals surface area contributed by atoms with Crippen molar-refractivity contribution in [2.45, 2.75) is 25.7 Å². The topological polar surface area (TPSA) is 76.7 Å². The van der Waals surface area contributed by atoms with Gasteiger partial charge >= 0.3 is 5.97 Å². The third kappa shape index (κ3) is 5.90. The van der Waals surface area contributed by atoms with Gasteiger partial charge in [-0.15, -0.1) is 0 Å². The number of amides is 1. The first kappa shape index (κ1) is 17.3. The van der Waals surface area contributed by atoms with Gasteiger partial charge in [0.25, 0.3) is 0 Å². The Balaban J connectivity index is 1.73. The van der Waals surface area contributed by atoms with E-state index in [2.05, 4.69) is 15.4 Å². The van der Waals surface area contributed by atoms with Crippen molar-refractivity contribution >= 4 is 17.6 Å². The highest BCUT2D eigenvalue weighted by molar-refractivity contribution is 5.92. The number of hydrogen-bond acceptors (Lipinski definition) is 5. The Hall–Kier alpha value is -2.08. The normalized spacial score (nSPS) is 17.3. The van der Waals surface area contributed by atoms with E-state index in [1.54, 1.807) is 0 Å². The molecular formula is C17H24N2O4. The second kappa shape index (κ2) is 9.15. The van der Waals surface area contributed by atoms with E-state index >= 15 is 0 Å². The van der Waals surface area contributed by atoms with Gasteiger partial charge in [-0.3, -0.25) is 9.59 Å². The van der Waals surface area contributed by atoms with E-state index < -0.39 is 0 Å². The highest BCUT2D eigenvalue weighted by Gasteiger charge is 2.20. The van der Waals surface area contributed by atoms with E-state index in [0.29, 0.717) is 25.2 Å². The Morgan fingerprint density at radius 2 is 2.09 bits per heavy atom. The van der Waals surface area contributed by atoms with E-state index in [-0.39, 0.29) is 17.8 Å². The van der Waals surface area contributed by atoms with Crippen molar-refractivity contribution in [2.75, 3.05) is 32.1 Å². The maximum absolute atomic E-state index is 12.1. The Labute approximate surface area is 136 Å². The Morgan fingerprint density at radius 3 is 2.74 bits per heavy atom. The summed E-state index contributed by atoms with van der Waals surface area (Å²) in [4.78, 5) is 23.1. The fourth-order valence-electron chi connectivity index (χ4n) is 2.46. The number of hydrogen-bond donors (Lipinski definition) is 2. The molecule has 0 aromatic heterocycles. The highest BCUT2D eigenvalue weighted by atomic mass is 16.5. The second-order valence-electron chi connectivity index (χ2n) is 5.59. The summed E-state index contributed by atoms with van der Waals surface area (Å²) in [6.45, 7) is 2.19. The van der Waals surface area contributed by atoms with E-state index in [4.69, 9.17) is 4.74 Å². The van der Waals surface area contributed by atoms with Crippen LogP contribution in [0.5, 0.6) is 5.75 Å². The van der Waals surface area contributed by atoms with Crippen molar-refractivity contribution < 1.29 is 19.1 Å². The molecule has 1 aromatic rings. The number of rotatable bonds is 7. The summed E-state index contributed by atoms with van der Waals surface area (Å²) in [7, 11) is 1.37. The van der Waals surface area contributed by atoms with Crippen molar-refractivity contribution in [2.24, 2.45) is 5.92 Å². The molecule has 1 heterocycles. The number of benzene rings is 1. The quantitative estimate of drug-likeness (QED) is 0.593. The Bertz CT molecular complexity index is 510. The molecule has 0 spiro atoms. The molecule has 0 saturated carbocycles. The number of esters is 1. The number of carbonyl (C=O) groups is 2. The zero-order valence-corrected chi connectivity index (χ0v) is 13.5. The molecule has 2 rings (SSSR count). The molecule has 1 aliphatic heterocycles. The average molecular weight is 320 g/mol. The molecule has 0 bridgehead atoms. The fraction of sp³-hybridized carbons (Fsp3) is 0.529. The molecule has 2 N–H and O–H groups in total. The first-order valence-corrected chi connectivity index (χ1v) is 8.00. The van der Waals surface area contributed by atoms with E-state index in [1.807, 2.05) is 24.3 Å². The Kier molecular flexibility index (Phi) is 6.87. The summed E-state index contributed by atoms with van der Waals surface area (Å²) >= 11 is 0. The van der Waals surface area contributed by atoms with Gasteiger partial charge in [0.1, 0.15) is 5.75 Å². The maximum Gasteiger partial charge on any atom is 0.305 e. The van der Waals surface area contributed by atoms with Crippen LogP contribution in [-0.4, -0.2) is 38.7 Å². The lowest BCUT2D eigenvalue weighted by atomic mass is 9.99. The summed E-state index contributed by atoms with van der Waals surface area (Å²) in [6, 6.07) is 7.27. The molecule has 1 aromatic carbocycles. The van der Waals surface area contributed by atoms with Crippen molar-refractivity contribution in [1.82, 2.24) is 5.32 Å². The summed E-state index contributed by atoms with van der Waals surface area (Å²) in [5.41, 5.74) is 0.766. The van der Waals surface area contributed by atoms with Gasteiger partial charge in [-0.05, 0) is 50.1 Å². The van der Waals surface area contributed by atoms with Gasteiger partial charge in [0.15, 0.2) is 0 Å². The largest absolute Gasteiger partial charge is 0.494 e. The van der Waals surface area contributed by atoms with Crippen LogP contribution in [0.2, 0.25) is 0 Å². The number of carbonyl (C=O) groups excluding carboxylic acids is 2. The SMILES string of the molecule is COC(=O)CCCOc1ccc(NC(=O)C2CCCNC2)cc1. The van der Waals surface area contributed by atoms with E-state index in [9.17, 15) is 9.59 Å². The Morgan fingerprint density at radius 1 is 1.30 bits per heavy atom. The third-order valence-electron chi connectivity index (χ3n) is 3.81. The number of ether oxygens (including phenoxy) is 2. The minimum Gasteiger partial charge on any atom is -0.494 e. The molecule has 1 saturated heterocycles. The molecule has 1 amide bonds. The van der Waals surface area contributed by atoms with Gasteiger partial charge in [-0.1, -0.05) is 0 Å². The van der Waals surface area contributed by atoms with Crippen LogP contribution in [0.25, 0.3) is 0 Å². The molecule has 1 unspecified atom stereocenters. The summed E-state index contributed by atoms with van der Waals surface area (Å²) < 4.78 is 10.1.